The normalized spacial score (nSPS) is 22.9. The van der Waals surface area contributed by atoms with Gasteiger partial charge in [-0.25, -0.2) is 8.42 Å². The first-order valence-corrected chi connectivity index (χ1v) is 13.4. The lowest BCUT2D eigenvalue weighted by Crippen LogP contribution is -2.51. The van der Waals surface area contributed by atoms with E-state index >= 15 is 0 Å². The van der Waals surface area contributed by atoms with Crippen molar-refractivity contribution >= 4 is 15.9 Å². The number of rotatable bonds is 7. The van der Waals surface area contributed by atoms with Crippen molar-refractivity contribution in [1.29, 1.82) is 0 Å². The highest BCUT2D eigenvalue weighted by Gasteiger charge is 2.30. The van der Waals surface area contributed by atoms with Crippen molar-refractivity contribution < 1.29 is 17.7 Å². The number of sulfone groups is 1. The molecule has 2 fully saturated rings. The first kappa shape index (κ1) is 23.0. The summed E-state index contributed by atoms with van der Waals surface area (Å²) in [6.07, 6.45) is 5.93. The van der Waals surface area contributed by atoms with Gasteiger partial charge in [0.25, 0.3) is 0 Å². The van der Waals surface area contributed by atoms with Crippen molar-refractivity contribution in [3.63, 3.8) is 0 Å². The molecule has 0 amide bonds. The quantitative estimate of drug-likeness (QED) is 0.619. The van der Waals surface area contributed by atoms with Gasteiger partial charge in [-0.15, -0.1) is 0 Å². The summed E-state index contributed by atoms with van der Waals surface area (Å²) in [5, 5.41) is 4.08. The molecule has 9 heteroatoms. The van der Waals surface area contributed by atoms with Gasteiger partial charge in [0, 0.05) is 44.4 Å². The van der Waals surface area contributed by atoms with Gasteiger partial charge >= 0.3 is 6.01 Å². The van der Waals surface area contributed by atoms with Crippen LogP contribution in [0.4, 0.5) is 6.01 Å². The lowest BCUT2D eigenvalue weighted by molar-refractivity contribution is 0.110. The molecule has 2 heterocycles. The third-order valence-electron chi connectivity index (χ3n) is 6.60. The fraction of sp³-hybridized carbons (Fsp3) is 0.652. The monoisotopic (exact) mass is 462 g/mol. The van der Waals surface area contributed by atoms with E-state index < -0.39 is 9.84 Å². The van der Waals surface area contributed by atoms with Crippen LogP contribution in [0, 0.1) is 5.92 Å². The number of nitrogens with zero attached hydrogens (tertiary/aromatic N) is 4. The predicted molar refractivity (Wildman–Crippen MR) is 123 cm³/mol. The minimum absolute atomic E-state index is 0.278. The van der Waals surface area contributed by atoms with Crippen LogP contribution in [0.15, 0.2) is 33.7 Å². The van der Waals surface area contributed by atoms with E-state index in [1.807, 2.05) is 0 Å². The van der Waals surface area contributed by atoms with Gasteiger partial charge in [-0.05, 0) is 55.9 Å². The number of anilines is 1. The highest BCUT2D eigenvalue weighted by molar-refractivity contribution is 7.90. The van der Waals surface area contributed by atoms with E-state index in [0.29, 0.717) is 29.5 Å². The average Bonchev–Trinajstić information content (AvgIpc) is 3.29. The topological polar surface area (TPSA) is 88.8 Å². The summed E-state index contributed by atoms with van der Waals surface area (Å²) in [4.78, 5) is 9.66. The Morgan fingerprint density at radius 1 is 1.06 bits per heavy atom. The number of piperazine rings is 1. The Morgan fingerprint density at radius 2 is 1.72 bits per heavy atom. The molecule has 32 heavy (non-hydrogen) atoms. The number of hydrogen-bond donors (Lipinski definition) is 0. The third-order valence-corrected chi connectivity index (χ3v) is 7.73. The Balaban J connectivity index is 1.19. The van der Waals surface area contributed by atoms with E-state index in [0.717, 1.165) is 50.6 Å². The number of hydrogen-bond acceptors (Lipinski definition) is 8. The summed E-state index contributed by atoms with van der Waals surface area (Å²) < 4.78 is 34.5. The van der Waals surface area contributed by atoms with Gasteiger partial charge in [-0.3, -0.25) is 4.90 Å². The first-order chi connectivity index (χ1) is 15.3. The van der Waals surface area contributed by atoms with Crippen LogP contribution in [0.2, 0.25) is 0 Å². The predicted octanol–water partition coefficient (Wildman–Crippen LogP) is 3.36. The smallest absolute Gasteiger partial charge is 0.324 e. The standard InChI is InChI=1S/C23H34N4O4S/c1-17(2)22-24-23(31-25-22)27-14-12-26(13-15-27)19-6-4-18(5-7-19)16-30-20-8-10-21(11-9-20)32(3,28)29/h8-11,17-19H,4-7,12-16H2,1-3H3/t18-,19-. The van der Waals surface area contributed by atoms with Gasteiger partial charge in [-0.2, -0.15) is 4.98 Å². The highest BCUT2D eigenvalue weighted by Crippen LogP contribution is 2.29. The molecule has 2 aliphatic rings. The molecule has 0 unspecified atom stereocenters. The van der Waals surface area contributed by atoms with Crippen molar-refractivity contribution in [3.05, 3.63) is 30.1 Å². The molecule has 0 bridgehead atoms. The maximum atomic E-state index is 11.6. The summed E-state index contributed by atoms with van der Waals surface area (Å²) in [7, 11) is -3.17. The van der Waals surface area contributed by atoms with Crippen LogP contribution in [-0.2, 0) is 9.84 Å². The van der Waals surface area contributed by atoms with Crippen molar-refractivity contribution in [2.45, 2.75) is 56.4 Å². The lowest BCUT2D eigenvalue weighted by atomic mass is 9.85. The highest BCUT2D eigenvalue weighted by atomic mass is 32.2. The SMILES string of the molecule is CC(C)c1noc(N2CCN([C@H]3CC[C@H](COc4ccc(S(C)(=O)=O)cc4)CC3)CC2)n1. The maximum absolute atomic E-state index is 11.6. The summed E-state index contributed by atoms with van der Waals surface area (Å²) in [5.41, 5.74) is 0. The van der Waals surface area contributed by atoms with Crippen molar-refractivity contribution in [2.75, 3.05) is 43.9 Å². The molecule has 1 aliphatic heterocycles. The zero-order valence-corrected chi connectivity index (χ0v) is 20.1. The van der Waals surface area contributed by atoms with Crippen molar-refractivity contribution in [3.8, 4) is 5.75 Å². The summed E-state index contributed by atoms with van der Waals surface area (Å²) in [6.45, 7) is 8.73. The van der Waals surface area contributed by atoms with Gasteiger partial charge in [0.2, 0.25) is 0 Å². The second-order valence-corrected chi connectivity index (χ2v) is 11.4. The minimum Gasteiger partial charge on any atom is -0.493 e. The Morgan fingerprint density at radius 3 is 2.28 bits per heavy atom. The fourth-order valence-corrected chi connectivity index (χ4v) is 5.17. The summed E-state index contributed by atoms with van der Waals surface area (Å²) in [5.74, 6) is 2.33. The zero-order valence-electron chi connectivity index (χ0n) is 19.2. The molecule has 1 aromatic carbocycles. The Labute approximate surface area is 190 Å². The van der Waals surface area contributed by atoms with Crippen molar-refractivity contribution in [2.24, 2.45) is 5.92 Å². The molecule has 0 atom stereocenters. The van der Waals surface area contributed by atoms with E-state index in [1.165, 1.54) is 19.1 Å². The molecule has 8 nitrogen and oxygen atoms in total. The van der Waals surface area contributed by atoms with Crippen LogP contribution in [0.5, 0.6) is 5.75 Å². The molecule has 0 radical (unpaired) electrons. The Kier molecular flexibility index (Phi) is 7.05. The van der Waals surface area contributed by atoms with Gasteiger partial charge < -0.3 is 14.2 Å². The Bertz CT molecular complexity index is 974. The van der Waals surface area contributed by atoms with Crippen LogP contribution in [-0.4, -0.2) is 68.5 Å². The van der Waals surface area contributed by atoms with Gasteiger partial charge in [0.05, 0.1) is 11.5 Å². The van der Waals surface area contributed by atoms with Gasteiger partial charge in [0.15, 0.2) is 15.7 Å². The first-order valence-electron chi connectivity index (χ1n) is 11.5. The van der Waals surface area contributed by atoms with E-state index in [1.54, 1.807) is 24.3 Å². The average molecular weight is 463 g/mol. The summed E-state index contributed by atoms with van der Waals surface area (Å²) >= 11 is 0. The molecule has 0 spiro atoms. The van der Waals surface area contributed by atoms with Crippen LogP contribution >= 0.6 is 0 Å². The van der Waals surface area contributed by atoms with Gasteiger partial charge in [-0.1, -0.05) is 19.0 Å². The third kappa shape index (κ3) is 5.61. The molecule has 1 aliphatic carbocycles. The second-order valence-electron chi connectivity index (χ2n) is 9.34. The molecule has 1 aromatic heterocycles. The molecule has 1 saturated carbocycles. The van der Waals surface area contributed by atoms with Crippen molar-refractivity contribution in [1.82, 2.24) is 15.0 Å². The lowest BCUT2D eigenvalue weighted by Gasteiger charge is -2.41. The molecule has 1 saturated heterocycles. The van der Waals surface area contributed by atoms with E-state index in [2.05, 4.69) is 33.8 Å². The fourth-order valence-electron chi connectivity index (χ4n) is 4.54. The largest absolute Gasteiger partial charge is 0.493 e. The van der Waals surface area contributed by atoms with Crippen LogP contribution in [0.25, 0.3) is 0 Å². The number of benzene rings is 1. The molecular weight excluding hydrogens is 428 g/mol. The molecule has 176 valence electrons. The number of aromatic nitrogens is 2. The second kappa shape index (κ2) is 9.79. The van der Waals surface area contributed by atoms with E-state index in [-0.39, 0.29) is 5.92 Å². The van der Waals surface area contributed by atoms with Crippen LogP contribution < -0.4 is 9.64 Å². The van der Waals surface area contributed by atoms with Crippen LogP contribution in [0.3, 0.4) is 0 Å². The van der Waals surface area contributed by atoms with Gasteiger partial charge in [0.1, 0.15) is 5.75 Å². The van der Waals surface area contributed by atoms with E-state index in [9.17, 15) is 8.42 Å². The summed E-state index contributed by atoms with van der Waals surface area (Å²) in [6, 6.07) is 8.00. The Hall–Kier alpha value is -2.13. The molecular formula is C23H34N4O4S. The molecule has 4 rings (SSSR count). The number of ether oxygens (including phenoxy) is 1. The maximum Gasteiger partial charge on any atom is 0.324 e. The van der Waals surface area contributed by atoms with Crippen LogP contribution in [0.1, 0.15) is 51.3 Å². The minimum atomic E-state index is -3.17. The molecule has 2 aromatic rings. The molecule has 0 N–H and O–H groups in total. The van der Waals surface area contributed by atoms with E-state index in [4.69, 9.17) is 9.26 Å². The zero-order chi connectivity index (χ0) is 22.7.